The maximum absolute atomic E-state index is 11.5. The van der Waals surface area contributed by atoms with Crippen molar-refractivity contribution in [2.45, 2.75) is 6.92 Å². The normalized spacial score (nSPS) is 10.7. The standard InChI is InChI=1S/C18H20N4O3/c1-11-18(12-4-6-14(24-2)15(8-12)25-3)21-16-7-5-13(10-22(11)16)20-17(23)9-19/h4-8,10H,9,19H2,1-3H3,(H,20,23). The summed E-state index contributed by atoms with van der Waals surface area (Å²) >= 11 is 0. The number of carbonyl (C=O) groups is 1. The number of nitrogens with zero attached hydrogens (tertiary/aromatic N) is 2. The van der Waals surface area contributed by atoms with Gasteiger partial charge in [-0.05, 0) is 37.3 Å². The number of imidazole rings is 1. The largest absolute Gasteiger partial charge is 0.493 e. The van der Waals surface area contributed by atoms with Crippen LogP contribution in [0.5, 0.6) is 11.5 Å². The van der Waals surface area contributed by atoms with E-state index >= 15 is 0 Å². The van der Waals surface area contributed by atoms with Crippen molar-refractivity contribution in [3.8, 4) is 22.8 Å². The van der Waals surface area contributed by atoms with Crippen LogP contribution in [0.15, 0.2) is 36.5 Å². The average Bonchev–Trinajstić information content (AvgIpc) is 2.97. The van der Waals surface area contributed by atoms with Crippen molar-refractivity contribution in [1.29, 1.82) is 0 Å². The number of aromatic nitrogens is 2. The average molecular weight is 340 g/mol. The van der Waals surface area contributed by atoms with Gasteiger partial charge in [0.05, 0.1) is 32.1 Å². The number of hydrogen-bond donors (Lipinski definition) is 2. The van der Waals surface area contributed by atoms with Crippen LogP contribution in [0.25, 0.3) is 16.9 Å². The van der Waals surface area contributed by atoms with Gasteiger partial charge in [0, 0.05) is 17.5 Å². The molecule has 0 spiro atoms. The first-order valence-electron chi connectivity index (χ1n) is 7.78. The third kappa shape index (κ3) is 3.14. The van der Waals surface area contributed by atoms with Gasteiger partial charge >= 0.3 is 0 Å². The van der Waals surface area contributed by atoms with Gasteiger partial charge in [0.1, 0.15) is 5.65 Å². The third-order valence-corrected chi connectivity index (χ3v) is 3.98. The first-order valence-corrected chi connectivity index (χ1v) is 7.78. The molecular weight excluding hydrogens is 320 g/mol. The van der Waals surface area contributed by atoms with Crippen LogP contribution < -0.4 is 20.5 Å². The molecule has 0 bridgehead atoms. The van der Waals surface area contributed by atoms with E-state index < -0.39 is 0 Å². The van der Waals surface area contributed by atoms with Gasteiger partial charge in [-0.2, -0.15) is 0 Å². The second kappa shape index (κ2) is 6.82. The van der Waals surface area contributed by atoms with Gasteiger partial charge in [-0.15, -0.1) is 0 Å². The van der Waals surface area contributed by atoms with E-state index in [1.165, 1.54) is 0 Å². The predicted molar refractivity (Wildman–Crippen MR) is 96.2 cm³/mol. The molecule has 130 valence electrons. The fourth-order valence-electron chi connectivity index (χ4n) is 2.71. The highest BCUT2D eigenvalue weighted by Gasteiger charge is 2.14. The smallest absolute Gasteiger partial charge is 0.238 e. The molecule has 0 aliphatic rings. The molecule has 0 aliphatic heterocycles. The van der Waals surface area contributed by atoms with E-state index in [0.29, 0.717) is 17.2 Å². The Morgan fingerprint density at radius 1 is 1.20 bits per heavy atom. The lowest BCUT2D eigenvalue weighted by Crippen LogP contribution is -2.21. The van der Waals surface area contributed by atoms with Crippen LogP contribution in [0.4, 0.5) is 5.69 Å². The van der Waals surface area contributed by atoms with Gasteiger partial charge in [0.2, 0.25) is 5.91 Å². The molecule has 7 nitrogen and oxygen atoms in total. The molecule has 2 aromatic heterocycles. The Morgan fingerprint density at radius 3 is 2.64 bits per heavy atom. The maximum Gasteiger partial charge on any atom is 0.238 e. The lowest BCUT2D eigenvalue weighted by Gasteiger charge is -2.09. The lowest BCUT2D eigenvalue weighted by molar-refractivity contribution is -0.114. The summed E-state index contributed by atoms with van der Waals surface area (Å²) in [5.74, 6) is 1.07. The first-order chi connectivity index (χ1) is 12.1. The maximum atomic E-state index is 11.5. The lowest BCUT2D eigenvalue weighted by atomic mass is 10.1. The van der Waals surface area contributed by atoms with Crippen molar-refractivity contribution in [2.75, 3.05) is 26.1 Å². The number of rotatable bonds is 5. The Labute approximate surface area is 145 Å². The minimum Gasteiger partial charge on any atom is -0.493 e. The Hall–Kier alpha value is -3.06. The van der Waals surface area contributed by atoms with Crippen molar-refractivity contribution in [1.82, 2.24) is 9.38 Å². The zero-order valence-electron chi connectivity index (χ0n) is 14.4. The van der Waals surface area contributed by atoms with E-state index in [1.807, 2.05) is 41.8 Å². The molecular formula is C18H20N4O3. The summed E-state index contributed by atoms with van der Waals surface area (Å²) in [5, 5.41) is 2.74. The molecule has 7 heteroatoms. The molecule has 0 fully saturated rings. The number of pyridine rings is 1. The number of nitrogens with two attached hydrogens (primary N) is 1. The summed E-state index contributed by atoms with van der Waals surface area (Å²) < 4.78 is 12.6. The predicted octanol–water partition coefficient (Wildman–Crippen LogP) is 2.22. The van der Waals surface area contributed by atoms with Gasteiger partial charge in [-0.3, -0.25) is 4.79 Å². The topological polar surface area (TPSA) is 90.9 Å². The van der Waals surface area contributed by atoms with Gasteiger partial charge in [-0.1, -0.05) is 0 Å². The number of anilines is 1. The van der Waals surface area contributed by atoms with Gasteiger partial charge in [-0.25, -0.2) is 4.98 Å². The van der Waals surface area contributed by atoms with E-state index in [2.05, 4.69) is 10.3 Å². The number of amides is 1. The van der Waals surface area contributed by atoms with Crippen LogP contribution in [0.3, 0.4) is 0 Å². The van der Waals surface area contributed by atoms with Crippen molar-refractivity contribution in [2.24, 2.45) is 5.73 Å². The van der Waals surface area contributed by atoms with Gasteiger partial charge in [0.15, 0.2) is 11.5 Å². The van der Waals surface area contributed by atoms with E-state index in [-0.39, 0.29) is 12.5 Å². The van der Waals surface area contributed by atoms with Crippen molar-refractivity contribution < 1.29 is 14.3 Å². The number of ether oxygens (including phenoxy) is 2. The fourth-order valence-corrected chi connectivity index (χ4v) is 2.71. The molecule has 0 saturated carbocycles. The number of carbonyl (C=O) groups excluding carboxylic acids is 1. The van der Waals surface area contributed by atoms with Crippen LogP contribution in [0.1, 0.15) is 5.69 Å². The number of hydrogen-bond acceptors (Lipinski definition) is 5. The molecule has 0 unspecified atom stereocenters. The summed E-state index contributed by atoms with van der Waals surface area (Å²) in [4.78, 5) is 16.2. The summed E-state index contributed by atoms with van der Waals surface area (Å²) in [6.45, 7) is 1.92. The number of aryl methyl sites for hydroxylation is 1. The SMILES string of the molecule is COc1ccc(-c2nc3ccc(NC(=O)CN)cn3c2C)cc1OC. The molecule has 0 atom stereocenters. The molecule has 3 rings (SSSR count). The molecule has 0 radical (unpaired) electrons. The monoisotopic (exact) mass is 340 g/mol. The zero-order chi connectivity index (χ0) is 18.0. The molecule has 0 saturated heterocycles. The number of methoxy groups -OCH3 is 2. The minimum absolute atomic E-state index is 0.0577. The summed E-state index contributed by atoms with van der Waals surface area (Å²) in [6.07, 6.45) is 1.83. The third-order valence-electron chi connectivity index (χ3n) is 3.98. The van der Waals surface area contributed by atoms with Crippen molar-refractivity contribution in [3.63, 3.8) is 0 Å². The second-order valence-electron chi connectivity index (χ2n) is 5.51. The minimum atomic E-state index is -0.239. The summed E-state index contributed by atoms with van der Waals surface area (Å²) in [6, 6.07) is 9.33. The van der Waals surface area contributed by atoms with Crippen LogP contribution in [-0.4, -0.2) is 36.1 Å². The van der Waals surface area contributed by atoms with E-state index in [0.717, 1.165) is 22.6 Å². The van der Waals surface area contributed by atoms with Crippen LogP contribution in [0, 0.1) is 6.92 Å². The first kappa shape index (κ1) is 16.8. The number of fused-ring (bicyclic) bond motifs is 1. The summed E-state index contributed by atoms with van der Waals surface area (Å²) in [5.41, 5.74) is 9.50. The Bertz CT molecular complexity index is 933. The zero-order valence-corrected chi connectivity index (χ0v) is 14.4. The Morgan fingerprint density at radius 2 is 1.96 bits per heavy atom. The van der Waals surface area contributed by atoms with E-state index in [9.17, 15) is 4.79 Å². The highest BCUT2D eigenvalue weighted by atomic mass is 16.5. The Kier molecular flexibility index (Phi) is 4.58. The van der Waals surface area contributed by atoms with Gasteiger partial charge < -0.3 is 24.9 Å². The van der Waals surface area contributed by atoms with Crippen molar-refractivity contribution in [3.05, 3.63) is 42.2 Å². The molecule has 1 aromatic carbocycles. The second-order valence-corrected chi connectivity index (χ2v) is 5.51. The van der Waals surface area contributed by atoms with Gasteiger partial charge in [0.25, 0.3) is 0 Å². The summed E-state index contributed by atoms with van der Waals surface area (Å²) in [7, 11) is 3.20. The molecule has 2 heterocycles. The van der Waals surface area contributed by atoms with Crippen LogP contribution in [-0.2, 0) is 4.79 Å². The van der Waals surface area contributed by atoms with E-state index in [4.69, 9.17) is 15.2 Å². The van der Waals surface area contributed by atoms with Crippen LogP contribution >= 0.6 is 0 Å². The quantitative estimate of drug-likeness (QED) is 0.743. The molecule has 0 aliphatic carbocycles. The van der Waals surface area contributed by atoms with Crippen LogP contribution in [0.2, 0.25) is 0 Å². The van der Waals surface area contributed by atoms with E-state index in [1.54, 1.807) is 20.3 Å². The molecule has 3 N–H and O–H groups in total. The Balaban J connectivity index is 2.05. The molecule has 3 aromatic rings. The fraction of sp³-hybridized carbons (Fsp3) is 0.222. The van der Waals surface area contributed by atoms with Crippen molar-refractivity contribution >= 4 is 17.2 Å². The number of nitrogens with one attached hydrogen (secondary N) is 1. The highest BCUT2D eigenvalue weighted by Crippen LogP contribution is 2.33. The highest BCUT2D eigenvalue weighted by molar-refractivity contribution is 5.92. The molecule has 25 heavy (non-hydrogen) atoms. The molecule has 1 amide bonds. The number of benzene rings is 1.